The van der Waals surface area contributed by atoms with Gasteiger partial charge in [-0.15, -0.1) is 0 Å². The molecule has 2 heterocycles. The number of hydrogen-bond donors (Lipinski definition) is 1. The number of amides is 2. The van der Waals surface area contributed by atoms with Crippen LogP contribution in [0.3, 0.4) is 0 Å². The molecule has 0 unspecified atom stereocenters. The molecule has 0 aromatic heterocycles. The molecule has 2 aromatic rings. The predicted molar refractivity (Wildman–Crippen MR) is 107 cm³/mol. The van der Waals surface area contributed by atoms with Gasteiger partial charge in [0.2, 0.25) is 11.8 Å². The molecule has 6 heteroatoms. The smallest absolute Gasteiger partial charge is 0.232 e. The van der Waals surface area contributed by atoms with Gasteiger partial charge in [0.05, 0.1) is 18.6 Å². The van der Waals surface area contributed by atoms with Gasteiger partial charge >= 0.3 is 0 Å². The quantitative estimate of drug-likeness (QED) is 0.733. The number of halogens is 1. The van der Waals surface area contributed by atoms with E-state index in [9.17, 15) is 14.0 Å². The van der Waals surface area contributed by atoms with Crippen molar-refractivity contribution in [1.29, 1.82) is 0 Å². The molecule has 2 aliphatic rings. The molecule has 0 spiro atoms. The summed E-state index contributed by atoms with van der Waals surface area (Å²) < 4.78 is 19.1. The highest BCUT2D eigenvalue weighted by atomic mass is 19.1. The van der Waals surface area contributed by atoms with E-state index in [1.807, 2.05) is 35.2 Å². The zero-order chi connectivity index (χ0) is 20.3. The number of rotatable bonds is 7. The van der Waals surface area contributed by atoms with Crippen LogP contribution in [0.5, 0.6) is 0 Å². The first-order chi connectivity index (χ1) is 14.1. The first-order valence-corrected chi connectivity index (χ1v) is 10.0. The summed E-state index contributed by atoms with van der Waals surface area (Å²) >= 11 is 0. The van der Waals surface area contributed by atoms with Crippen molar-refractivity contribution in [3.8, 4) is 0 Å². The lowest BCUT2D eigenvalue weighted by Gasteiger charge is -2.29. The summed E-state index contributed by atoms with van der Waals surface area (Å²) in [6, 6.07) is 16.0. The van der Waals surface area contributed by atoms with Gasteiger partial charge in [0.15, 0.2) is 0 Å². The molecule has 0 radical (unpaired) electrons. The maximum Gasteiger partial charge on any atom is 0.232 e. The Kier molecular flexibility index (Phi) is 5.62. The molecule has 29 heavy (non-hydrogen) atoms. The average molecular weight is 396 g/mol. The second-order valence-corrected chi connectivity index (χ2v) is 7.80. The maximum absolute atomic E-state index is 13.4. The van der Waals surface area contributed by atoms with Crippen LogP contribution < -0.4 is 5.32 Å². The minimum Gasteiger partial charge on any atom is -0.375 e. The SMILES string of the molecule is O=C1CC[C@H]2C[C@@](C(=O)NCCOCc3ccccc3)(c3ccc(F)cc3)CN12. The molecule has 0 aliphatic carbocycles. The van der Waals surface area contributed by atoms with Crippen molar-refractivity contribution in [2.45, 2.75) is 37.3 Å². The molecule has 4 rings (SSSR count). The number of carbonyl (C=O) groups is 2. The van der Waals surface area contributed by atoms with Gasteiger partial charge in [-0.3, -0.25) is 9.59 Å². The van der Waals surface area contributed by atoms with Gasteiger partial charge in [0.1, 0.15) is 5.82 Å². The van der Waals surface area contributed by atoms with Gasteiger partial charge in [-0.1, -0.05) is 42.5 Å². The largest absolute Gasteiger partial charge is 0.375 e. The third-order valence-corrected chi connectivity index (χ3v) is 5.95. The van der Waals surface area contributed by atoms with Crippen LogP contribution in [0.25, 0.3) is 0 Å². The zero-order valence-corrected chi connectivity index (χ0v) is 16.3. The lowest BCUT2D eigenvalue weighted by molar-refractivity contribution is -0.129. The second kappa shape index (κ2) is 8.33. The molecule has 5 nitrogen and oxygen atoms in total. The van der Waals surface area contributed by atoms with E-state index in [1.54, 1.807) is 12.1 Å². The Hall–Kier alpha value is -2.73. The molecule has 2 atom stereocenters. The molecule has 2 saturated heterocycles. The molecule has 2 aromatic carbocycles. The zero-order valence-electron chi connectivity index (χ0n) is 16.3. The molecule has 0 bridgehead atoms. The highest BCUT2D eigenvalue weighted by Crippen LogP contribution is 2.43. The summed E-state index contributed by atoms with van der Waals surface area (Å²) in [6.45, 7) is 1.61. The molecular weight excluding hydrogens is 371 g/mol. The fourth-order valence-corrected chi connectivity index (χ4v) is 4.42. The highest BCUT2D eigenvalue weighted by Gasteiger charge is 2.53. The summed E-state index contributed by atoms with van der Waals surface area (Å²) in [7, 11) is 0. The highest BCUT2D eigenvalue weighted by molar-refractivity contribution is 5.91. The summed E-state index contributed by atoms with van der Waals surface area (Å²) in [4.78, 5) is 27.2. The van der Waals surface area contributed by atoms with E-state index in [1.165, 1.54) is 12.1 Å². The summed E-state index contributed by atoms with van der Waals surface area (Å²) in [5, 5.41) is 2.97. The number of nitrogens with zero attached hydrogens (tertiary/aromatic N) is 1. The fraction of sp³-hybridized carbons (Fsp3) is 0.391. The molecule has 2 fully saturated rings. The number of benzene rings is 2. The van der Waals surface area contributed by atoms with Gasteiger partial charge < -0.3 is 15.0 Å². The Bertz CT molecular complexity index is 871. The van der Waals surface area contributed by atoms with Crippen molar-refractivity contribution in [3.05, 3.63) is 71.5 Å². The Morgan fingerprint density at radius 3 is 2.66 bits per heavy atom. The molecular formula is C23H25FN2O3. The summed E-state index contributed by atoms with van der Waals surface area (Å²) in [5.41, 5.74) is 0.994. The third-order valence-electron chi connectivity index (χ3n) is 5.95. The first-order valence-electron chi connectivity index (χ1n) is 10.0. The lowest BCUT2D eigenvalue weighted by atomic mass is 9.77. The fourth-order valence-electron chi connectivity index (χ4n) is 4.42. The van der Waals surface area contributed by atoms with E-state index in [-0.39, 0.29) is 23.7 Å². The number of fused-ring (bicyclic) bond motifs is 1. The number of carbonyl (C=O) groups excluding carboxylic acids is 2. The van der Waals surface area contributed by atoms with E-state index < -0.39 is 5.41 Å². The molecule has 2 aliphatic heterocycles. The minimum atomic E-state index is -0.839. The molecule has 1 N–H and O–H groups in total. The Morgan fingerprint density at radius 2 is 1.93 bits per heavy atom. The number of nitrogens with one attached hydrogen (secondary N) is 1. The topological polar surface area (TPSA) is 58.6 Å². The lowest BCUT2D eigenvalue weighted by Crippen LogP contribution is -2.47. The van der Waals surface area contributed by atoms with E-state index in [2.05, 4.69) is 5.32 Å². The van der Waals surface area contributed by atoms with Gasteiger partial charge in [0.25, 0.3) is 0 Å². The van der Waals surface area contributed by atoms with Crippen molar-refractivity contribution in [2.75, 3.05) is 19.7 Å². The minimum absolute atomic E-state index is 0.0765. The number of ether oxygens (including phenoxy) is 1. The van der Waals surface area contributed by atoms with Crippen LogP contribution in [0, 0.1) is 5.82 Å². The number of hydrogen-bond acceptors (Lipinski definition) is 3. The van der Waals surface area contributed by atoms with Crippen LogP contribution in [-0.2, 0) is 26.3 Å². The van der Waals surface area contributed by atoms with Gasteiger partial charge in [-0.05, 0) is 36.1 Å². The van der Waals surface area contributed by atoms with Gasteiger partial charge in [-0.2, -0.15) is 0 Å². The predicted octanol–water partition coefficient (Wildman–Crippen LogP) is 2.79. The second-order valence-electron chi connectivity index (χ2n) is 7.80. The van der Waals surface area contributed by atoms with Crippen LogP contribution in [0.1, 0.15) is 30.4 Å². The van der Waals surface area contributed by atoms with Crippen molar-refractivity contribution in [2.24, 2.45) is 0 Å². The summed E-state index contributed by atoms with van der Waals surface area (Å²) in [6.07, 6.45) is 1.88. The molecule has 0 saturated carbocycles. The Morgan fingerprint density at radius 1 is 1.17 bits per heavy atom. The van der Waals surface area contributed by atoms with E-state index in [0.717, 1.165) is 17.5 Å². The van der Waals surface area contributed by atoms with Gasteiger partial charge in [0, 0.05) is 25.6 Å². The Balaban J connectivity index is 1.40. The first kappa shape index (κ1) is 19.6. The monoisotopic (exact) mass is 396 g/mol. The van der Waals surface area contributed by atoms with Gasteiger partial charge in [-0.25, -0.2) is 4.39 Å². The average Bonchev–Trinajstić information content (AvgIpc) is 3.29. The van der Waals surface area contributed by atoms with Crippen LogP contribution in [0.2, 0.25) is 0 Å². The van der Waals surface area contributed by atoms with Crippen molar-refractivity contribution < 1.29 is 18.7 Å². The molecule has 2 amide bonds. The van der Waals surface area contributed by atoms with Crippen molar-refractivity contribution >= 4 is 11.8 Å². The van der Waals surface area contributed by atoms with Crippen molar-refractivity contribution in [3.63, 3.8) is 0 Å². The van der Waals surface area contributed by atoms with Crippen LogP contribution in [0.4, 0.5) is 4.39 Å². The van der Waals surface area contributed by atoms with Crippen LogP contribution in [0.15, 0.2) is 54.6 Å². The van der Waals surface area contributed by atoms with Crippen LogP contribution in [-0.4, -0.2) is 42.5 Å². The Labute approximate surface area is 169 Å². The van der Waals surface area contributed by atoms with E-state index in [4.69, 9.17) is 4.74 Å². The third kappa shape index (κ3) is 4.03. The van der Waals surface area contributed by atoms with E-state index >= 15 is 0 Å². The normalized spacial score (nSPS) is 23.3. The maximum atomic E-state index is 13.4. The van der Waals surface area contributed by atoms with Crippen LogP contribution >= 0.6 is 0 Å². The summed E-state index contributed by atoms with van der Waals surface area (Å²) in [5.74, 6) is -0.374. The van der Waals surface area contributed by atoms with Crippen molar-refractivity contribution in [1.82, 2.24) is 10.2 Å². The standard InChI is InChI=1S/C23H25FN2O3/c24-19-8-6-18(7-9-19)23(14-20-10-11-21(27)26(20)16-23)22(28)25-12-13-29-15-17-4-2-1-3-5-17/h1-9,20H,10-16H2,(H,25,28)/t20-,23-/m0/s1. The molecule has 152 valence electrons. The van der Waals surface area contributed by atoms with E-state index in [0.29, 0.717) is 39.1 Å².